The lowest BCUT2D eigenvalue weighted by atomic mass is 9.80. The number of aliphatic imine (C=N–C) groups is 1. The highest BCUT2D eigenvalue weighted by atomic mass is 35.5. The van der Waals surface area contributed by atoms with Gasteiger partial charge in [0.25, 0.3) is 5.91 Å². The zero-order valence-corrected chi connectivity index (χ0v) is 23.8. The highest BCUT2D eigenvalue weighted by molar-refractivity contribution is 8.18. The van der Waals surface area contributed by atoms with Crippen molar-refractivity contribution in [2.75, 3.05) is 49.7 Å². The minimum Gasteiger partial charge on any atom is -0.378 e. The molecule has 196 valence electrons. The molecule has 3 aliphatic heterocycles. The van der Waals surface area contributed by atoms with Crippen molar-refractivity contribution in [1.29, 1.82) is 0 Å². The molecule has 2 aromatic carbocycles. The van der Waals surface area contributed by atoms with Crippen LogP contribution in [0.25, 0.3) is 6.08 Å². The number of anilines is 2. The van der Waals surface area contributed by atoms with E-state index in [2.05, 4.69) is 55.8 Å². The first-order valence-electron chi connectivity index (χ1n) is 13.0. The molecule has 37 heavy (non-hydrogen) atoms. The Morgan fingerprint density at radius 1 is 1.19 bits per heavy atom. The van der Waals surface area contributed by atoms with Gasteiger partial charge in [0.1, 0.15) is 0 Å². The number of hydrogen-bond acceptors (Lipinski definition) is 6. The van der Waals surface area contributed by atoms with E-state index >= 15 is 0 Å². The molecule has 3 heterocycles. The number of benzene rings is 2. The molecule has 0 N–H and O–H groups in total. The largest absolute Gasteiger partial charge is 0.378 e. The van der Waals surface area contributed by atoms with Gasteiger partial charge in [0.2, 0.25) is 0 Å². The van der Waals surface area contributed by atoms with Gasteiger partial charge >= 0.3 is 0 Å². The van der Waals surface area contributed by atoms with Crippen LogP contribution in [0.5, 0.6) is 0 Å². The molecule has 3 aliphatic rings. The SMILES string of the molecule is CCN1C(=O)/C(=C\c2cc3c(cc2Cl)N(C)C(C)(C)CC3C)SC1=Nc1ccc(N2CCOCC2)cc1. The Kier molecular flexibility index (Phi) is 7.31. The van der Waals surface area contributed by atoms with Crippen molar-refractivity contribution in [3.63, 3.8) is 0 Å². The molecule has 1 atom stereocenters. The highest BCUT2D eigenvalue weighted by Crippen LogP contribution is 2.45. The van der Waals surface area contributed by atoms with Gasteiger partial charge in [-0.3, -0.25) is 9.69 Å². The molecule has 1 unspecified atom stereocenters. The van der Waals surface area contributed by atoms with Crippen molar-refractivity contribution in [1.82, 2.24) is 4.90 Å². The maximum absolute atomic E-state index is 13.3. The van der Waals surface area contributed by atoms with Crippen LogP contribution in [0.3, 0.4) is 0 Å². The smallest absolute Gasteiger partial charge is 0.266 e. The molecule has 0 radical (unpaired) electrons. The number of carbonyl (C=O) groups excluding carboxylic acids is 1. The summed E-state index contributed by atoms with van der Waals surface area (Å²) < 4.78 is 5.45. The number of amidine groups is 1. The predicted molar refractivity (Wildman–Crippen MR) is 156 cm³/mol. The second kappa shape index (κ2) is 10.4. The molecule has 2 aromatic rings. The fraction of sp³-hybridized carbons (Fsp3) is 0.448. The average molecular weight is 539 g/mol. The maximum Gasteiger partial charge on any atom is 0.266 e. The summed E-state index contributed by atoms with van der Waals surface area (Å²) in [6.07, 6.45) is 2.99. The number of morpholine rings is 1. The van der Waals surface area contributed by atoms with Crippen molar-refractivity contribution in [2.45, 2.75) is 45.6 Å². The van der Waals surface area contributed by atoms with Gasteiger partial charge in [0, 0.05) is 48.6 Å². The summed E-state index contributed by atoms with van der Waals surface area (Å²) in [6.45, 7) is 12.6. The molecule has 2 fully saturated rings. The van der Waals surface area contributed by atoms with Crippen molar-refractivity contribution in [3.8, 4) is 0 Å². The van der Waals surface area contributed by atoms with Crippen LogP contribution >= 0.6 is 23.4 Å². The van der Waals surface area contributed by atoms with Crippen LogP contribution in [0, 0.1) is 0 Å². The standard InChI is InChI=1S/C29H35ClN4O2S/c1-6-34-27(35)26(16-20-15-23-19(2)18-29(3,4)32(5)25(23)17-24(20)30)37-28(34)31-21-7-9-22(10-8-21)33-11-13-36-14-12-33/h7-10,15-17,19H,6,11-14,18H2,1-5H3/b26-16+,31-28?. The van der Waals surface area contributed by atoms with Crippen LogP contribution in [-0.2, 0) is 9.53 Å². The molecule has 0 spiro atoms. The molecule has 1 amide bonds. The Morgan fingerprint density at radius 3 is 2.57 bits per heavy atom. The second-order valence-electron chi connectivity index (χ2n) is 10.6. The average Bonchev–Trinajstić information content (AvgIpc) is 3.17. The highest BCUT2D eigenvalue weighted by Gasteiger charge is 2.36. The monoisotopic (exact) mass is 538 g/mol. The van der Waals surface area contributed by atoms with Gasteiger partial charge in [-0.1, -0.05) is 18.5 Å². The summed E-state index contributed by atoms with van der Waals surface area (Å²) in [4.78, 5) is 25.1. The number of fused-ring (bicyclic) bond motifs is 1. The quantitative estimate of drug-likeness (QED) is 0.415. The van der Waals surface area contributed by atoms with Crippen LogP contribution in [0.4, 0.5) is 17.1 Å². The first-order valence-corrected chi connectivity index (χ1v) is 14.2. The number of thioether (sulfide) groups is 1. The van der Waals surface area contributed by atoms with Gasteiger partial charge in [-0.05, 0) is 98.5 Å². The number of rotatable bonds is 4. The molecule has 8 heteroatoms. The molecule has 0 aromatic heterocycles. The zero-order chi connectivity index (χ0) is 26.3. The molecule has 0 saturated carbocycles. The van der Waals surface area contributed by atoms with E-state index in [1.54, 1.807) is 4.90 Å². The Morgan fingerprint density at radius 2 is 1.89 bits per heavy atom. The Balaban J connectivity index is 1.41. The van der Waals surface area contributed by atoms with Gasteiger partial charge in [-0.25, -0.2) is 4.99 Å². The van der Waals surface area contributed by atoms with E-state index < -0.39 is 0 Å². The van der Waals surface area contributed by atoms with E-state index in [1.165, 1.54) is 28.7 Å². The summed E-state index contributed by atoms with van der Waals surface area (Å²) in [5.74, 6) is 0.378. The predicted octanol–water partition coefficient (Wildman–Crippen LogP) is 6.52. The molecular weight excluding hydrogens is 504 g/mol. The number of amides is 1. The number of ether oxygens (including phenoxy) is 1. The normalized spacial score (nSPS) is 23.8. The Hall–Kier alpha value is -2.48. The molecular formula is C29H35ClN4O2S. The van der Waals surface area contributed by atoms with Crippen LogP contribution in [0.2, 0.25) is 5.02 Å². The minimum absolute atomic E-state index is 0.0312. The van der Waals surface area contributed by atoms with E-state index in [-0.39, 0.29) is 11.4 Å². The molecule has 0 aliphatic carbocycles. The molecule has 6 nitrogen and oxygen atoms in total. The minimum atomic E-state index is -0.0312. The lowest BCUT2D eigenvalue weighted by Gasteiger charge is -2.45. The first-order chi connectivity index (χ1) is 17.7. The number of carbonyl (C=O) groups is 1. The first kappa shape index (κ1) is 26.1. The van der Waals surface area contributed by atoms with Crippen LogP contribution < -0.4 is 9.80 Å². The topological polar surface area (TPSA) is 48.4 Å². The summed E-state index contributed by atoms with van der Waals surface area (Å²) in [5.41, 5.74) is 5.39. The fourth-order valence-corrected chi connectivity index (χ4v) is 6.66. The zero-order valence-electron chi connectivity index (χ0n) is 22.3. The van der Waals surface area contributed by atoms with E-state index in [9.17, 15) is 4.79 Å². The van der Waals surface area contributed by atoms with E-state index in [0.29, 0.717) is 27.6 Å². The van der Waals surface area contributed by atoms with Gasteiger partial charge in [-0.2, -0.15) is 0 Å². The number of halogens is 1. The van der Waals surface area contributed by atoms with Crippen molar-refractivity contribution >= 4 is 57.6 Å². The number of nitrogens with zero attached hydrogens (tertiary/aromatic N) is 4. The summed E-state index contributed by atoms with van der Waals surface area (Å²) >= 11 is 8.17. The fourth-order valence-electron chi connectivity index (χ4n) is 5.40. The molecule has 2 saturated heterocycles. The third-order valence-electron chi connectivity index (χ3n) is 7.69. The van der Waals surface area contributed by atoms with E-state index in [1.807, 2.05) is 31.2 Å². The number of likely N-dealkylation sites (N-methyl/N-ethyl adjacent to an activating group) is 1. The van der Waals surface area contributed by atoms with Crippen LogP contribution in [0.15, 0.2) is 46.3 Å². The maximum atomic E-state index is 13.3. The summed E-state index contributed by atoms with van der Waals surface area (Å²) in [5, 5.41) is 1.35. The van der Waals surface area contributed by atoms with Crippen LogP contribution in [0.1, 0.15) is 51.2 Å². The van der Waals surface area contributed by atoms with Crippen LogP contribution in [-0.4, -0.2) is 61.4 Å². The second-order valence-corrected chi connectivity index (χ2v) is 12.0. The number of hydrogen-bond donors (Lipinski definition) is 0. The van der Waals surface area contributed by atoms with E-state index in [4.69, 9.17) is 21.3 Å². The molecule has 0 bridgehead atoms. The lowest BCUT2D eigenvalue weighted by molar-refractivity contribution is -0.122. The summed E-state index contributed by atoms with van der Waals surface area (Å²) in [6, 6.07) is 12.4. The lowest BCUT2D eigenvalue weighted by Crippen LogP contribution is -2.45. The third-order valence-corrected chi connectivity index (χ3v) is 9.03. The van der Waals surface area contributed by atoms with Gasteiger partial charge in [-0.15, -0.1) is 0 Å². The summed E-state index contributed by atoms with van der Waals surface area (Å²) in [7, 11) is 2.13. The molecule has 5 rings (SSSR count). The van der Waals surface area contributed by atoms with Crippen molar-refractivity contribution < 1.29 is 9.53 Å². The Labute approximate surface area is 229 Å². The van der Waals surface area contributed by atoms with Gasteiger partial charge in [0.05, 0.1) is 23.8 Å². The third kappa shape index (κ3) is 5.14. The van der Waals surface area contributed by atoms with Crippen molar-refractivity contribution in [3.05, 3.63) is 57.5 Å². The van der Waals surface area contributed by atoms with Crippen molar-refractivity contribution in [2.24, 2.45) is 4.99 Å². The van der Waals surface area contributed by atoms with Gasteiger partial charge < -0.3 is 14.5 Å². The van der Waals surface area contributed by atoms with E-state index in [0.717, 1.165) is 44.0 Å². The Bertz CT molecular complexity index is 1250. The van der Waals surface area contributed by atoms with Gasteiger partial charge in [0.15, 0.2) is 5.17 Å².